The normalized spacial score (nSPS) is 10.4. The summed E-state index contributed by atoms with van der Waals surface area (Å²) < 4.78 is 10.9. The smallest absolute Gasteiger partial charge is 0.120 e. The average molecular weight is 278 g/mol. The van der Waals surface area contributed by atoms with Crippen molar-refractivity contribution in [2.75, 3.05) is 25.7 Å². The summed E-state index contributed by atoms with van der Waals surface area (Å²) in [6, 6.07) is 11.9. The molecular weight excluding hydrogens is 262 g/mol. The number of benzene rings is 1. The predicted octanol–water partition coefficient (Wildman–Crippen LogP) is 3.38. The van der Waals surface area contributed by atoms with Crippen LogP contribution in [0.1, 0.15) is 0 Å². The van der Waals surface area contributed by atoms with Crippen molar-refractivity contribution in [3.8, 4) is 16.9 Å². The van der Waals surface area contributed by atoms with Crippen LogP contribution >= 0.6 is 11.6 Å². The molecular formula is C15H16ClNO2. The van der Waals surface area contributed by atoms with E-state index in [1.807, 2.05) is 42.6 Å². The maximum atomic E-state index is 5.63. The van der Waals surface area contributed by atoms with Gasteiger partial charge in [0.1, 0.15) is 12.4 Å². The summed E-state index contributed by atoms with van der Waals surface area (Å²) in [4.78, 5) is 4.11. The number of hydrogen-bond acceptors (Lipinski definition) is 3. The minimum Gasteiger partial charge on any atom is -0.491 e. The number of alkyl halides is 1. The molecule has 3 nitrogen and oxygen atoms in total. The van der Waals surface area contributed by atoms with E-state index in [1.165, 1.54) is 0 Å². The molecule has 0 saturated heterocycles. The maximum Gasteiger partial charge on any atom is 0.120 e. The van der Waals surface area contributed by atoms with Crippen LogP contribution in [0.2, 0.25) is 0 Å². The van der Waals surface area contributed by atoms with Crippen LogP contribution in [0.5, 0.6) is 5.75 Å². The third-order valence-electron chi connectivity index (χ3n) is 2.55. The summed E-state index contributed by atoms with van der Waals surface area (Å²) in [7, 11) is 0. The van der Waals surface area contributed by atoms with Crippen LogP contribution in [-0.2, 0) is 4.74 Å². The second-order valence-electron chi connectivity index (χ2n) is 3.92. The topological polar surface area (TPSA) is 31.4 Å². The first-order chi connectivity index (χ1) is 9.40. The molecule has 1 heterocycles. The number of ether oxygens (including phenoxy) is 2. The van der Waals surface area contributed by atoms with Gasteiger partial charge in [-0.1, -0.05) is 18.2 Å². The lowest BCUT2D eigenvalue weighted by Crippen LogP contribution is -2.07. The molecule has 0 bridgehead atoms. The molecule has 1 aromatic heterocycles. The van der Waals surface area contributed by atoms with Crippen molar-refractivity contribution < 1.29 is 9.47 Å². The van der Waals surface area contributed by atoms with E-state index in [1.54, 1.807) is 6.20 Å². The van der Waals surface area contributed by atoms with E-state index in [0.717, 1.165) is 16.9 Å². The summed E-state index contributed by atoms with van der Waals surface area (Å²) >= 11 is 5.51. The molecule has 4 heteroatoms. The van der Waals surface area contributed by atoms with Crippen LogP contribution in [0.25, 0.3) is 11.1 Å². The molecule has 0 aliphatic rings. The van der Waals surface area contributed by atoms with Gasteiger partial charge in [-0.2, -0.15) is 0 Å². The lowest BCUT2D eigenvalue weighted by Gasteiger charge is -2.08. The third-order valence-corrected chi connectivity index (χ3v) is 2.70. The predicted molar refractivity (Wildman–Crippen MR) is 76.7 cm³/mol. The van der Waals surface area contributed by atoms with Gasteiger partial charge in [-0.3, -0.25) is 4.98 Å². The van der Waals surface area contributed by atoms with Gasteiger partial charge in [-0.15, -0.1) is 11.6 Å². The Morgan fingerprint density at radius 1 is 1.00 bits per heavy atom. The van der Waals surface area contributed by atoms with Gasteiger partial charge in [0.25, 0.3) is 0 Å². The molecule has 0 radical (unpaired) electrons. The Morgan fingerprint density at radius 3 is 2.68 bits per heavy atom. The van der Waals surface area contributed by atoms with Crippen molar-refractivity contribution in [1.29, 1.82) is 0 Å². The third kappa shape index (κ3) is 4.54. The zero-order chi connectivity index (χ0) is 13.3. The molecule has 2 rings (SSSR count). The van der Waals surface area contributed by atoms with E-state index >= 15 is 0 Å². The number of nitrogens with zero attached hydrogens (tertiary/aromatic N) is 1. The Hall–Kier alpha value is -1.58. The van der Waals surface area contributed by atoms with Crippen molar-refractivity contribution >= 4 is 11.6 Å². The van der Waals surface area contributed by atoms with E-state index in [4.69, 9.17) is 21.1 Å². The van der Waals surface area contributed by atoms with Gasteiger partial charge in [-0.25, -0.2) is 0 Å². The molecule has 0 spiro atoms. The molecule has 0 atom stereocenters. The fourth-order valence-corrected chi connectivity index (χ4v) is 1.78. The van der Waals surface area contributed by atoms with Crippen LogP contribution in [0, 0.1) is 0 Å². The van der Waals surface area contributed by atoms with E-state index < -0.39 is 0 Å². The first kappa shape index (κ1) is 13.8. The zero-order valence-corrected chi connectivity index (χ0v) is 11.3. The van der Waals surface area contributed by atoms with Crippen LogP contribution in [0.3, 0.4) is 0 Å². The van der Waals surface area contributed by atoms with Gasteiger partial charge >= 0.3 is 0 Å². The number of halogens is 1. The Balaban J connectivity index is 1.92. The zero-order valence-electron chi connectivity index (χ0n) is 10.6. The number of pyridine rings is 1. The number of rotatable bonds is 7. The van der Waals surface area contributed by atoms with E-state index in [2.05, 4.69) is 4.98 Å². The van der Waals surface area contributed by atoms with Crippen molar-refractivity contribution in [2.45, 2.75) is 0 Å². The molecule has 0 unspecified atom stereocenters. The number of hydrogen-bond donors (Lipinski definition) is 0. The highest BCUT2D eigenvalue weighted by Crippen LogP contribution is 2.22. The van der Waals surface area contributed by atoms with E-state index in [9.17, 15) is 0 Å². The molecule has 1 aromatic carbocycles. The summed E-state index contributed by atoms with van der Waals surface area (Å²) in [5.41, 5.74) is 2.17. The first-order valence-electron chi connectivity index (χ1n) is 6.17. The Kier molecular flexibility index (Phi) is 5.66. The SMILES string of the molecule is ClCCOCCOc1cccc(-c2cccnc2)c1. The fraction of sp³-hybridized carbons (Fsp3) is 0.267. The molecule has 0 saturated carbocycles. The summed E-state index contributed by atoms with van der Waals surface area (Å²) in [5.74, 6) is 1.34. The standard InChI is InChI=1S/C15H16ClNO2/c16-6-8-18-9-10-19-15-5-1-3-13(11-15)14-4-2-7-17-12-14/h1-5,7,11-12H,6,8-10H2. The molecule has 0 amide bonds. The minimum atomic E-state index is 0.510. The molecule has 100 valence electrons. The average Bonchev–Trinajstić information content (AvgIpc) is 2.48. The minimum absolute atomic E-state index is 0.510. The molecule has 0 aliphatic carbocycles. The van der Waals surface area contributed by atoms with Gasteiger partial charge in [0.15, 0.2) is 0 Å². The molecule has 0 fully saturated rings. The molecule has 0 aliphatic heterocycles. The quantitative estimate of drug-likeness (QED) is 0.574. The van der Waals surface area contributed by atoms with Crippen LogP contribution in [0.4, 0.5) is 0 Å². The van der Waals surface area contributed by atoms with Crippen LogP contribution in [0.15, 0.2) is 48.8 Å². The van der Waals surface area contributed by atoms with E-state index in [0.29, 0.717) is 25.7 Å². The Morgan fingerprint density at radius 2 is 1.89 bits per heavy atom. The monoisotopic (exact) mass is 277 g/mol. The van der Waals surface area contributed by atoms with Crippen molar-refractivity contribution in [3.63, 3.8) is 0 Å². The van der Waals surface area contributed by atoms with Crippen LogP contribution < -0.4 is 4.74 Å². The van der Waals surface area contributed by atoms with Gasteiger partial charge in [0.2, 0.25) is 0 Å². The van der Waals surface area contributed by atoms with Gasteiger partial charge in [0.05, 0.1) is 13.2 Å². The van der Waals surface area contributed by atoms with Gasteiger partial charge < -0.3 is 9.47 Å². The summed E-state index contributed by atoms with van der Waals surface area (Å²) in [6.07, 6.45) is 3.60. The Bertz CT molecular complexity index is 491. The molecule has 2 aromatic rings. The largest absolute Gasteiger partial charge is 0.491 e. The fourth-order valence-electron chi connectivity index (χ4n) is 1.67. The Labute approximate surface area is 118 Å². The van der Waals surface area contributed by atoms with Crippen LogP contribution in [-0.4, -0.2) is 30.7 Å². The highest BCUT2D eigenvalue weighted by molar-refractivity contribution is 6.17. The molecule has 19 heavy (non-hydrogen) atoms. The van der Waals surface area contributed by atoms with Gasteiger partial charge in [-0.05, 0) is 23.8 Å². The molecule has 0 N–H and O–H groups in total. The lowest BCUT2D eigenvalue weighted by atomic mass is 10.1. The maximum absolute atomic E-state index is 5.63. The second-order valence-corrected chi connectivity index (χ2v) is 4.30. The number of aromatic nitrogens is 1. The highest BCUT2D eigenvalue weighted by Gasteiger charge is 2.00. The van der Waals surface area contributed by atoms with Gasteiger partial charge in [0, 0.05) is 23.8 Å². The van der Waals surface area contributed by atoms with E-state index in [-0.39, 0.29) is 0 Å². The summed E-state index contributed by atoms with van der Waals surface area (Å²) in [6.45, 7) is 1.62. The lowest BCUT2D eigenvalue weighted by molar-refractivity contribution is 0.111. The highest BCUT2D eigenvalue weighted by atomic mass is 35.5. The van der Waals surface area contributed by atoms with Crippen molar-refractivity contribution in [2.24, 2.45) is 0 Å². The first-order valence-corrected chi connectivity index (χ1v) is 6.70. The van der Waals surface area contributed by atoms with Crippen molar-refractivity contribution in [1.82, 2.24) is 4.98 Å². The van der Waals surface area contributed by atoms with Crippen molar-refractivity contribution in [3.05, 3.63) is 48.8 Å². The second kappa shape index (κ2) is 7.77. The summed E-state index contributed by atoms with van der Waals surface area (Å²) in [5, 5.41) is 0.